The molecule has 20 heavy (non-hydrogen) atoms. The molecule has 1 aromatic carbocycles. The number of hydrogen-bond donors (Lipinski definition) is 1. The van der Waals surface area contributed by atoms with Crippen LogP contribution in [0.4, 0.5) is 5.69 Å². The fraction of sp³-hybridized carbons (Fsp3) is 0.429. The highest BCUT2D eigenvalue weighted by atomic mass is 127. The summed E-state index contributed by atoms with van der Waals surface area (Å²) < 4.78 is 0. The first-order valence-corrected chi connectivity index (χ1v) is 6.63. The zero-order valence-electron chi connectivity index (χ0n) is 11.5. The second-order valence-electron chi connectivity index (χ2n) is 4.95. The molecular formula is C14H19IN4O. The third-order valence-corrected chi connectivity index (χ3v) is 3.58. The lowest BCUT2D eigenvalue weighted by Crippen LogP contribution is -2.43. The van der Waals surface area contributed by atoms with Crippen LogP contribution in [0.2, 0.25) is 0 Å². The van der Waals surface area contributed by atoms with Gasteiger partial charge in [0.05, 0.1) is 6.54 Å². The molecule has 0 spiro atoms. The average Bonchev–Trinajstić information content (AvgIpc) is 2.81. The number of rotatable bonds is 3. The molecule has 5 nitrogen and oxygen atoms in total. The predicted octanol–water partition coefficient (Wildman–Crippen LogP) is 1.43. The van der Waals surface area contributed by atoms with E-state index in [0.29, 0.717) is 6.42 Å². The predicted molar refractivity (Wildman–Crippen MR) is 90.6 cm³/mol. The minimum absolute atomic E-state index is 0. The number of anilines is 1. The molecule has 0 atom stereocenters. The van der Waals surface area contributed by atoms with Crippen LogP contribution in [0.1, 0.15) is 12.0 Å². The Morgan fingerprint density at radius 1 is 1.35 bits per heavy atom. The maximum atomic E-state index is 11.4. The lowest BCUT2D eigenvalue weighted by atomic mass is 10.1. The van der Waals surface area contributed by atoms with Gasteiger partial charge in [0, 0.05) is 38.8 Å². The van der Waals surface area contributed by atoms with E-state index in [1.54, 1.807) is 0 Å². The lowest BCUT2D eigenvalue weighted by molar-refractivity contribution is -0.122. The minimum Gasteiger partial charge on any atom is -0.352 e. The Morgan fingerprint density at radius 2 is 2.20 bits per heavy atom. The van der Waals surface area contributed by atoms with Gasteiger partial charge in [0.15, 0.2) is 5.96 Å². The second kappa shape index (κ2) is 6.43. The Balaban J connectivity index is 0.00000147. The summed E-state index contributed by atoms with van der Waals surface area (Å²) in [6, 6.07) is 8.12. The topological polar surface area (TPSA) is 47.9 Å². The zero-order valence-corrected chi connectivity index (χ0v) is 13.8. The van der Waals surface area contributed by atoms with Gasteiger partial charge in [-0.15, -0.1) is 24.0 Å². The lowest BCUT2D eigenvalue weighted by Gasteiger charge is -2.31. The van der Waals surface area contributed by atoms with Crippen LogP contribution in [0.25, 0.3) is 0 Å². The monoisotopic (exact) mass is 386 g/mol. The molecule has 1 N–H and O–H groups in total. The van der Waals surface area contributed by atoms with Crippen molar-refractivity contribution < 1.29 is 4.79 Å². The summed E-state index contributed by atoms with van der Waals surface area (Å²) in [5.74, 6) is 1.16. The van der Waals surface area contributed by atoms with Crippen molar-refractivity contribution in [3.8, 4) is 0 Å². The molecule has 0 radical (unpaired) electrons. The molecule has 1 saturated heterocycles. The van der Waals surface area contributed by atoms with E-state index in [9.17, 15) is 4.79 Å². The molecule has 2 aliphatic heterocycles. The van der Waals surface area contributed by atoms with E-state index in [0.717, 1.165) is 37.8 Å². The number of nitrogens with zero attached hydrogens (tertiary/aromatic N) is 3. The number of guanidine groups is 1. The summed E-state index contributed by atoms with van der Waals surface area (Å²) in [6.07, 6.45) is 0.671. The molecular weight excluding hydrogens is 367 g/mol. The molecule has 0 unspecified atom stereocenters. The van der Waals surface area contributed by atoms with Gasteiger partial charge in [0.2, 0.25) is 5.91 Å². The molecule has 108 valence electrons. The maximum Gasteiger partial charge on any atom is 0.228 e. The quantitative estimate of drug-likeness (QED) is 0.632. The van der Waals surface area contributed by atoms with Crippen LogP contribution in [0, 0.1) is 0 Å². The third kappa shape index (κ3) is 3.05. The van der Waals surface area contributed by atoms with Crippen molar-refractivity contribution >= 4 is 41.5 Å². The van der Waals surface area contributed by atoms with E-state index < -0.39 is 0 Å². The van der Waals surface area contributed by atoms with Crippen molar-refractivity contribution in [3.05, 3.63) is 29.8 Å². The van der Waals surface area contributed by atoms with Crippen molar-refractivity contribution in [3.63, 3.8) is 0 Å². The summed E-state index contributed by atoms with van der Waals surface area (Å²) in [6.45, 7) is 3.41. The highest BCUT2D eigenvalue weighted by Crippen LogP contribution is 2.22. The average molecular weight is 386 g/mol. The molecule has 6 heteroatoms. The van der Waals surface area contributed by atoms with Gasteiger partial charge in [-0.05, 0) is 17.7 Å². The van der Waals surface area contributed by atoms with Gasteiger partial charge in [-0.1, -0.05) is 12.1 Å². The molecule has 1 fully saturated rings. The standard InChI is InChI=1S/C14H18N4O.HI/c1-17-8-6-15-14(17)16-10-11-3-2-4-12(9-11)18-7-5-13(18)19;/h2-4,9H,5-8,10H2,1H3,(H,15,16);1H. The highest BCUT2D eigenvalue weighted by molar-refractivity contribution is 14.0. The van der Waals surface area contributed by atoms with Crippen molar-refractivity contribution in [1.82, 2.24) is 10.2 Å². The number of halogens is 1. The third-order valence-electron chi connectivity index (χ3n) is 3.58. The van der Waals surface area contributed by atoms with Crippen molar-refractivity contribution in [2.75, 3.05) is 31.6 Å². The van der Waals surface area contributed by atoms with E-state index in [4.69, 9.17) is 0 Å². The molecule has 2 aliphatic rings. The van der Waals surface area contributed by atoms with E-state index >= 15 is 0 Å². The maximum absolute atomic E-state index is 11.4. The SMILES string of the molecule is CN1CCN=C1NCc1cccc(N2CCC2=O)c1.I. The fourth-order valence-electron chi connectivity index (χ4n) is 2.33. The van der Waals surface area contributed by atoms with Gasteiger partial charge in [-0.2, -0.15) is 0 Å². The molecule has 0 bridgehead atoms. The number of likely N-dealkylation sites (N-methyl/N-ethyl adjacent to an activating group) is 1. The molecule has 0 aliphatic carbocycles. The van der Waals surface area contributed by atoms with E-state index in [-0.39, 0.29) is 29.9 Å². The number of hydrogen-bond acceptors (Lipinski definition) is 4. The molecule has 3 rings (SSSR count). The Labute approximate surface area is 136 Å². The molecule has 0 aromatic heterocycles. The van der Waals surface area contributed by atoms with E-state index in [2.05, 4.69) is 27.3 Å². The van der Waals surface area contributed by atoms with Crippen LogP contribution in [0.15, 0.2) is 29.3 Å². The van der Waals surface area contributed by atoms with Crippen LogP contribution in [0.5, 0.6) is 0 Å². The first-order valence-electron chi connectivity index (χ1n) is 6.63. The Bertz CT molecular complexity index is 532. The Kier molecular flexibility index (Phi) is 4.85. The molecule has 0 saturated carbocycles. The van der Waals surface area contributed by atoms with E-state index in [1.807, 2.05) is 24.1 Å². The molecule has 2 heterocycles. The van der Waals surface area contributed by atoms with Gasteiger partial charge in [0.1, 0.15) is 0 Å². The molecule has 1 amide bonds. The minimum atomic E-state index is 0. The van der Waals surface area contributed by atoms with Gasteiger partial charge >= 0.3 is 0 Å². The second-order valence-corrected chi connectivity index (χ2v) is 4.95. The summed E-state index contributed by atoms with van der Waals surface area (Å²) in [7, 11) is 2.04. The number of benzene rings is 1. The van der Waals surface area contributed by atoms with Crippen molar-refractivity contribution in [2.24, 2.45) is 4.99 Å². The number of carbonyl (C=O) groups is 1. The van der Waals surface area contributed by atoms with Gasteiger partial charge in [0.25, 0.3) is 0 Å². The summed E-state index contributed by atoms with van der Waals surface area (Å²) in [5, 5.41) is 3.33. The van der Waals surface area contributed by atoms with Crippen LogP contribution >= 0.6 is 24.0 Å². The largest absolute Gasteiger partial charge is 0.352 e. The highest BCUT2D eigenvalue weighted by Gasteiger charge is 2.25. The summed E-state index contributed by atoms with van der Waals surface area (Å²) >= 11 is 0. The van der Waals surface area contributed by atoms with Crippen LogP contribution in [-0.2, 0) is 11.3 Å². The van der Waals surface area contributed by atoms with Crippen molar-refractivity contribution in [2.45, 2.75) is 13.0 Å². The van der Waals surface area contributed by atoms with Crippen LogP contribution in [0.3, 0.4) is 0 Å². The van der Waals surface area contributed by atoms with Crippen molar-refractivity contribution in [1.29, 1.82) is 0 Å². The summed E-state index contributed by atoms with van der Waals surface area (Å²) in [5.41, 5.74) is 2.16. The number of amides is 1. The number of carbonyl (C=O) groups excluding carboxylic acids is 1. The summed E-state index contributed by atoms with van der Waals surface area (Å²) in [4.78, 5) is 19.8. The molecule has 1 aromatic rings. The van der Waals surface area contributed by atoms with Gasteiger partial charge < -0.3 is 15.1 Å². The smallest absolute Gasteiger partial charge is 0.228 e. The van der Waals surface area contributed by atoms with Crippen LogP contribution < -0.4 is 10.2 Å². The number of aliphatic imine (C=N–C) groups is 1. The first kappa shape index (κ1) is 15.1. The normalized spacial score (nSPS) is 17.4. The Hall–Kier alpha value is -1.31. The number of β-lactam (4-membered cyclic amide) rings is 1. The number of nitrogens with one attached hydrogen (secondary N) is 1. The Morgan fingerprint density at radius 3 is 2.80 bits per heavy atom. The van der Waals surface area contributed by atoms with Crippen LogP contribution in [-0.4, -0.2) is 43.4 Å². The first-order chi connectivity index (χ1) is 9.24. The van der Waals surface area contributed by atoms with Gasteiger partial charge in [-0.25, -0.2) is 0 Å². The van der Waals surface area contributed by atoms with Gasteiger partial charge in [-0.3, -0.25) is 9.79 Å². The zero-order chi connectivity index (χ0) is 13.2. The fourth-order valence-corrected chi connectivity index (χ4v) is 2.33. The van der Waals surface area contributed by atoms with E-state index in [1.165, 1.54) is 5.56 Å².